The highest BCUT2D eigenvalue weighted by Crippen LogP contribution is 2.35. The van der Waals surface area contributed by atoms with E-state index >= 15 is 0 Å². The van der Waals surface area contributed by atoms with E-state index in [0.717, 1.165) is 12.1 Å². The topological polar surface area (TPSA) is 77.2 Å². The van der Waals surface area contributed by atoms with Gasteiger partial charge in [0.25, 0.3) is 0 Å². The Labute approximate surface area is 166 Å². The maximum atomic E-state index is 14.4. The van der Waals surface area contributed by atoms with E-state index in [1.165, 1.54) is 36.9 Å². The summed E-state index contributed by atoms with van der Waals surface area (Å²) in [5.41, 5.74) is 1.36. The third-order valence-corrected chi connectivity index (χ3v) is 4.39. The molecule has 1 aliphatic carbocycles. The van der Waals surface area contributed by atoms with Gasteiger partial charge in [-0.2, -0.15) is 5.10 Å². The highest BCUT2D eigenvalue weighted by Gasteiger charge is 2.24. The summed E-state index contributed by atoms with van der Waals surface area (Å²) in [7, 11) is 3.04. The van der Waals surface area contributed by atoms with E-state index in [0.29, 0.717) is 16.7 Å². The summed E-state index contributed by atoms with van der Waals surface area (Å²) in [6.07, 6.45) is 4.52. The van der Waals surface area contributed by atoms with Gasteiger partial charge in [-0.1, -0.05) is 6.07 Å². The number of hydrogen-bond acceptors (Lipinski definition) is 5. The van der Waals surface area contributed by atoms with E-state index in [1.807, 2.05) is 0 Å². The van der Waals surface area contributed by atoms with Crippen molar-refractivity contribution in [1.82, 2.24) is 9.78 Å². The first kappa shape index (κ1) is 20.2. The molecule has 1 heterocycles. The number of nitrogens with zero attached hydrogens (tertiary/aromatic N) is 2. The van der Waals surface area contributed by atoms with Crippen LogP contribution in [0.5, 0.6) is 0 Å². The first-order valence-corrected chi connectivity index (χ1v) is 8.67. The zero-order valence-corrected chi connectivity index (χ0v) is 16.3. The molecular weight excluding hydrogens is 380 g/mol. The SMILES string of the molecule is COC1=CC(=N)/C(=C(\C)c2cn(C)nc2-c2c(F)cccc2F)C=C1OC(C)=O. The van der Waals surface area contributed by atoms with E-state index in [-0.39, 0.29) is 28.5 Å². The molecule has 0 bridgehead atoms. The number of ether oxygens (including phenoxy) is 2. The molecule has 0 fully saturated rings. The number of aryl methyl sites for hydroxylation is 1. The molecule has 8 heteroatoms. The molecule has 0 atom stereocenters. The summed E-state index contributed by atoms with van der Waals surface area (Å²) >= 11 is 0. The van der Waals surface area contributed by atoms with E-state index < -0.39 is 17.6 Å². The monoisotopic (exact) mass is 399 g/mol. The molecule has 0 unspecified atom stereocenters. The fraction of sp³-hybridized carbons (Fsp3) is 0.190. The lowest BCUT2D eigenvalue weighted by molar-refractivity contribution is -0.137. The van der Waals surface area contributed by atoms with Crippen LogP contribution in [0, 0.1) is 17.0 Å². The van der Waals surface area contributed by atoms with Crippen molar-refractivity contribution in [2.75, 3.05) is 7.11 Å². The lowest BCUT2D eigenvalue weighted by Crippen LogP contribution is -2.12. The molecule has 1 aliphatic rings. The molecule has 150 valence electrons. The van der Waals surface area contributed by atoms with Gasteiger partial charge in [0.2, 0.25) is 0 Å². The largest absolute Gasteiger partial charge is 0.493 e. The Morgan fingerprint density at radius 1 is 1.14 bits per heavy atom. The minimum atomic E-state index is -0.737. The van der Waals surface area contributed by atoms with Gasteiger partial charge in [0.1, 0.15) is 17.3 Å². The number of allylic oxidation sites excluding steroid dienone is 4. The average Bonchev–Trinajstić information content (AvgIpc) is 3.03. The number of aromatic nitrogens is 2. The Hall–Kier alpha value is -3.55. The Balaban J connectivity index is 2.20. The summed E-state index contributed by atoms with van der Waals surface area (Å²) in [6, 6.07) is 3.60. The second-order valence-electron chi connectivity index (χ2n) is 6.43. The standard InChI is InChI=1S/C21H19F2N3O3/c1-11(13-8-19(29-12(2)27)18(28-4)9-17(13)24)14-10-26(3)25-21(14)20-15(22)6-5-7-16(20)23/h5-10,24H,1-4H3/b13-11+,24-17?. The predicted molar refractivity (Wildman–Crippen MR) is 104 cm³/mol. The van der Waals surface area contributed by atoms with Crippen LogP contribution < -0.4 is 0 Å². The van der Waals surface area contributed by atoms with Crippen molar-refractivity contribution >= 4 is 17.3 Å². The first-order chi connectivity index (χ1) is 13.7. The summed E-state index contributed by atoms with van der Waals surface area (Å²) in [4.78, 5) is 11.4. The number of halogens is 2. The first-order valence-electron chi connectivity index (χ1n) is 8.67. The molecule has 3 rings (SSSR count). The van der Waals surface area contributed by atoms with Gasteiger partial charge in [-0.15, -0.1) is 0 Å². The van der Waals surface area contributed by atoms with Gasteiger partial charge in [-0.3, -0.25) is 9.48 Å². The lowest BCUT2D eigenvalue weighted by atomic mass is 9.92. The molecule has 2 aromatic rings. The Kier molecular flexibility index (Phi) is 5.45. The van der Waals surface area contributed by atoms with Crippen molar-refractivity contribution < 1.29 is 23.0 Å². The fourth-order valence-corrected chi connectivity index (χ4v) is 3.08. The van der Waals surface area contributed by atoms with Crippen LogP contribution in [0.2, 0.25) is 0 Å². The fourth-order valence-electron chi connectivity index (χ4n) is 3.08. The third kappa shape index (κ3) is 3.87. The minimum Gasteiger partial charge on any atom is -0.493 e. The van der Waals surface area contributed by atoms with Crippen LogP contribution in [0.3, 0.4) is 0 Å². The average molecular weight is 399 g/mol. The zero-order valence-electron chi connectivity index (χ0n) is 16.3. The summed E-state index contributed by atoms with van der Waals surface area (Å²) < 4.78 is 40.5. The van der Waals surface area contributed by atoms with E-state index in [9.17, 15) is 13.6 Å². The number of rotatable bonds is 4. The number of hydrogen-bond donors (Lipinski definition) is 1. The normalized spacial score (nSPS) is 15.6. The number of carbonyl (C=O) groups excluding carboxylic acids is 1. The molecule has 1 N–H and O–H groups in total. The van der Waals surface area contributed by atoms with Crippen molar-refractivity contribution in [3.8, 4) is 11.3 Å². The number of nitrogens with one attached hydrogen (secondary N) is 1. The quantitative estimate of drug-likeness (QED) is 0.784. The molecule has 6 nitrogen and oxygen atoms in total. The Morgan fingerprint density at radius 2 is 1.79 bits per heavy atom. The van der Waals surface area contributed by atoms with Crippen molar-refractivity contribution in [3.05, 3.63) is 70.8 Å². The van der Waals surface area contributed by atoms with Crippen LogP contribution in [0.25, 0.3) is 16.8 Å². The number of benzene rings is 1. The molecule has 29 heavy (non-hydrogen) atoms. The van der Waals surface area contributed by atoms with Crippen LogP contribution in [0.1, 0.15) is 19.4 Å². The van der Waals surface area contributed by atoms with Gasteiger partial charge in [0, 0.05) is 37.4 Å². The third-order valence-electron chi connectivity index (χ3n) is 4.39. The van der Waals surface area contributed by atoms with Crippen LogP contribution in [0.15, 0.2) is 53.6 Å². The molecule has 0 spiro atoms. The number of esters is 1. The predicted octanol–water partition coefficient (Wildman–Crippen LogP) is 4.15. The van der Waals surface area contributed by atoms with E-state index in [1.54, 1.807) is 20.2 Å². The second-order valence-corrected chi connectivity index (χ2v) is 6.43. The van der Waals surface area contributed by atoms with Gasteiger partial charge < -0.3 is 14.9 Å². The molecular formula is C21H19F2N3O3. The van der Waals surface area contributed by atoms with Crippen LogP contribution in [-0.2, 0) is 21.3 Å². The highest BCUT2D eigenvalue weighted by atomic mass is 19.1. The van der Waals surface area contributed by atoms with Crippen molar-refractivity contribution in [3.63, 3.8) is 0 Å². The summed E-state index contributed by atoms with van der Waals surface area (Å²) in [6.45, 7) is 2.96. The van der Waals surface area contributed by atoms with Crippen molar-refractivity contribution in [2.24, 2.45) is 7.05 Å². The van der Waals surface area contributed by atoms with Crippen molar-refractivity contribution in [2.45, 2.75) is 13.8 Å². The molecule has 0 amide bonds. The smallest absolute Gasteiger partial charge is 0.308 e. The number of methoxy groups -OCH3 is 1. The highest BCUT2D eigenvalue weighted by molar-refractivity contribution is 6.15. The summed E-state index contributed by atoms with van der Waals surface area (Å²) in [5, 5.41) is 12.6. The molecule has 0 saturated heterocycles. The van der Waals surface area contributed by atoms with Gasteiger partial charge in [0.15, 0.2) is 11.5 Å². The second kappa shape index (κ2) is 7.83. The maximum Gasteiger partial charge on any atom is 0.308 e. The van der Waals surface area contributed by atoms with Gasteiger partial charge >= 0.3 is 5.97 Å². The Morgan fingerprint density at radius 3 is 2.38 bits per heavy atom. The van der Waals surface area contributed by atoms with Gasteiger partial charge in [-0.25, -0.2) is 8.78 Å². The maximum absolute atomic E-state index is 14.4. The summed E-state index contributed by atoms with van der Waals surface area (Å²) in [5.74, 6) is -1.64. The van der Waals surface area contributed by atoms with E-state index in [2.05, 4.69) is 5.10 Å². The van der Waals surface area contributed by atoms with Crippen LogP contribution in [-0.4, -0.2) is 28.6 Å². The van der Waals surface area contributed by atoms with Crippen molar-refractivity contribution in [1.29, 1.82) is 5.41 Å². The molecule has 1 aromatic carbocycles. The van der Waals surface area contributed by atoms with Crippen LogP contribution >= 0.6 is 0 Å². The van der Waals surface area contributed by atoms with E-state index in [4.69, 9.17) is 14.9 Å². The minimum absolute atomic E-state index is 0.0964. The lowest BCUT2D eigenvalue weighted by Gasteiger charge is -2.18. The molecule has 1 aromatic heterocycles. The number of carbonyl (C=O) groups is 1. The molecule has 0 radical (unpaired) electrons. The molecule has 0 saturated carbocycles. The Bertz CT molecular complexity index is 1090. The zero-order chi connectivity index (χ0) is 21.3. The van der Waals surface area contributed by atoms with Gasteiger partial charge in [-0.05, 0) is 30.7 Å². The molecule has 0 aliphatic heterocycles. The van der Waals surface area contributed by atoms with Crippen LogP contribution in [0.4, 0.5) is 8.78 Å². The van der Waals surface area contributed by atoms with Gasteiger partial charge in [0.05, 0.1) is 18.4 Å².